The average Bonchev–Trinajstić information content (AvgIpc) is 2.86. The molecule has 1 aliphatic rings. The van der Waals surface area contributed by atoms with Crippen molar-refractivity contribution in [2.45, 2.75) is 25.2 Å². The topological polar surface area (TPSA) is 84.7 Å². The lowest BCUT2D eigenvalue weighted by Crippen LogP contribution is -2.47. The Bertz CT molecular complexity index is 558. The summed E-state index contributed by atoms with van der Waals surface area (Å²) in [6.07, 6.45) is -4.32. The molecule has 122 valence electrons. The quantitative estimate of drug-likeness (QED) is 0.878. The molecule has 1 atom stereocenters. The lowest BCUT2D eigenvalue weighted by atomic mass is 10.2. The zero-order valence-corrected chi connectivity index (χ0v) is 11.4. The van der Waals surface area contributed by atoms with Crippen molar-refractivity contribution in [3.05, 3.63) is 18.0 Å². The molecular weight excluding hydrogens is 307 g/mol. The Kier molecular flexibility index (Phi) is 4.69. The minimum atomic E-state index is -4.56. The summed E-state index contributed by atoms with van der Waals surface area (Å²) >= 11 is 0. The van der Waals surface area contributed by atoms with E-state index >= 15 is 0 Å². The number of halogens is 3. The number of hydrogen-bond donors (Lipinski definition) is 1. The largest absolute Gasteiger partial charge is 0.481 e. The highest BCUT2D eigenvalue weighted by Crippen LogP contribution is 2.27. The van der Waals surface area contributed by atoms with Gasteiger partial charge in [-0.15, -0.1) is 0 Å². The summed E-state index contributed by atoms with van der Waals surface area (Å²) in [4.78, 5) is 24.0. The Hall–Kier alpha value is -2.10. The van der Waals surface area contributed by atoms with Gasteiger partial charge in [0.1, 0.15) is 6.54 Å². The maximum atomic E-state index is 12.4. The molecule has 0 bridgehead atoms. The van der Waals surface area contributed by atoms with Gasteiger partial charge in [-0.3, -0.25) is 14.3 Å². The molecule has 0 aliphatic carbocycles. The number of carbonyl (C=O) groups is 2. The van der Waals surface area contributed by atoms with Crippen LogP contribution in [0.1, 0.15) is 12.1 Å². The molecule has 0 saturated carbocycles. The number of alkyl halides is 3. The van der Waals surface area contributed by atoms with E-state index < -0.39 is 29.9 Å². The molecule has 7 nitrogen and oxygen atoms in total. The average molecular weight is 321 g/mol. The molecule has 10 heteroatoms. The van der Waals surface area contributed by atoms with Gasteiger partial charge in [-0.1, -0.05) is 0 Å². The van der Waals surface area contributed by atoms with Crippen LogP contribution in [-0.4, -0.2) is 57.5 Å². The zero-order valence-electron chi connectivity index (χ0n) is 11.4. The highest BCUT2D eigenvalue weighted by atomic mass is 19.4. The number of nitrogens with zero attached hydrogens (tertiary/aromatic N) is 3. The highest BCUT2D eigenvalue weighted by molar-refractivity contribution is 5.76. The van der Waals surface area contributed by atoms with E-state index in [2.05, 4.69) is 5.10 Å². The Labute approximate surface area is 123 Å². The Morgan fingerprint density at radius 1 is 1.45 bits per heavy atom. The minimum absolute atomic E-state index is 0.0958. The first-order chi connectivity index (χ1) is 10.3. The van der Waals surface area contributed by atoms with Crippen molar-refractivity contribution in [2.75, 3.05) is 19.7 Å². The van der Waals surface area contributed by atoms with Gasteiger partial charge in [0.15, 0.2) is 5.69 Å². The van der Waals surface area contributed by atoms with Crippen LogP contribution in [0, 0.1) is 0 Å². The van der Waals surface area contributed by atoms with Crippen LogP contribution in [0.2, 0.25) is 0 Å². The lowest BCUT2D eigenvalue weighted by molar-refractivity contribution is -0.148. The summed E-state index contributed by atoms with van der Waals surface area (Å²) in [5, 5.41) is 12.0. The number of amides is 1. The second-order valence-corrected chi connectivity index (χ2v) is 4.83. The number of carboxylic acids is 1. The van der Waals surface area contributed by atoms with E-state index in [0.29, 0.717) is 0 Å². The molecule has 2 heterocycles. The van der Waals surface area contributed by atoms with E-state index in [9.17, 15) is 22.8 Å². The van der Waals surface area contributed by atoms with Gasteiger partial charge in [0.25, 0.3) is 0 Å². The summed E-state index contributed by atoms with van der Waals surface area (Å²) in [5.74, 6) is -1.48. The Morgan fingerprint density at radius 2 is 2.18 bits per heavy atom. The van der Waals surface area contributed by atoms with Crippen LogP contribution in [0.25, 0.3) is 0 Å². The van der Waals surface area contributed by atoms with Crippen molar-refractivity contribution < 1.29 is 32.6 Å². The fourth-order valence-electron chi connectivity index (χ4n) is 2.10. The van der Waals surface area contributed by atoms with Crippen LogP contribution in [-0.2, 0) is 27.0 Å². The maximum absolute atomic E-state index is 12.4. The predicted octanol–water partition coefficient (Wildman–Crippen LogP) is 0.604. The Morgan fingerprint density at radius 3 is 2.77 bits per heavy atom. The third-order valence-corrected chi connectivity index (χ3v) is 3.12. The smallest absolute Gasteiger partial charge is 0.435 e. The van der Waals surface area contributed by atoms with Crippen molar-refractivity contribution in [1.29, 1.82) is 0 Å². The second-order valence-electron chi connectivity index (χ2n) is 4.83. The van der Waals surface area contributed by atoms with E-state index in [-0.39, 0.29) is 32.7 Å². The summed E-state index contributed by atoms with van der Waals surface area (Å²) in [7, 11) is 0. The molecule has 2 rings (SSSR count). The van der Waals surface area contributed by atoms with Crippen LogP contribution in [0.4, 0.5) is 13.2 Å². The standard InChI is InChI=1S/C12H14F3N3O4/c13-12(14,15)9-1-2-18(16-9)7-10(19)17-3-4-22-8(6-17)5-11(20)21/h1-2,8H,3-7H2,(H,20,21). The van der Waals surface area contributed by atoms with Crippen LogP contribution < -0.4 is 0 Å². The molecule has 1 saturated heterocycles. The van der Waals surface area contributed by atoms with Crippen molar-refractivity contribution in [1.82, 2.24) is 14.7 Å². The van der Waals surface area contributed by atoms with Crippen molar-refractivity contribution in [3.8, 4) is 0 Å². The molecule has 0 aromatic carbocycles. The first kappa shape index (κ1) is 16.3. The first-order valence-corrected chi connectivity index (χ1v) is 6.47. The number of hydrogen-bond acceptors (Lipinski definition) is 4. The van der Waals surface area contributed by atoms with E-state index in [4.69, 9.17) is 9.84 Å². The first-order valence-electron chi connectivity index (χ1n) is 6.47. The third kappa shape index (κ3) is 4.20. The van der Waals surface area contributed by atoms with Crippen molar-refractivity contribution in [3.63, 3.8) is 0 Å². The van der Waals surface area contributed by atoms with Gasteiger partial charge < -0.3 is 14.7 Å². The molecule has 1 N–H and O–H groups in total. The number of aromatic nitrogens is 2. The monoisotopic (exact) mass is 321 g/mol. The van der Waals surface area contributed by atoms with E-state index in [1.54, 1.807) is 0 Å². The molecule has 22 heavy (non-hydrogen) atoms. The number of rotatable bonds is 4. The van der Waals surface area contributed by atoms with Gasteiger partial charge in [-0.2, -0.15) is 18.3 Å². The van der Waals surface area contributed by atoms with Crippen molar-refractivity contribution in [2.24, 2.45) is 0 Å². The summed E-state index contributed by atoms with van der Waals surface area (Å²) < 4.78 is 43.4. The predicted molar refractivity (Wildman–Crippen MR) is 65.8 cm³/mol. The molecule has 1 unspecified atom stereocenters. The van der Waals surface area contributed by atoms with Crippen LogP contribution in [0.15, 0.2) is 12.3 Å². The van der Waals surface area contributed by atoms with Gasteiger partial charge in [0, 0.05) is 19.3 Å². The molecule has 1 amide bonds. The van der Waals surface area contributed by atoms with Crippen LogP contribution in [0.5, 0.6) is 0 Å². The van der Waals surface area contributed by atoms with Crippen LogP contribution in [0.3, 0.4) is 0 Å². The maximum Gasteiger partial charge on any atom is 0.435 e. The van der Waals surface area contributed by atoms with Gasteiger partial charge >= 0.3 is 12.1 Å². The van der Waals surface area contributed by atoms with E-state index in [1.807, 2.05) is 0 Å². The molecule has 1 aromatic heterocycles. The molecule has 1 fully saturated rings. The summed E-state index contributed by atoms with van der Waals surface area (Å²) in [5.41, 5.74) is -1.06. The molecular formula is C12H14F3N3O4. The number of carboxylic acid groups (broad SMARTS) is 1. The van der Waals surface area contributed by atoms with Crippen molar-refractivity contribution >= 4 is 11.9 Å². The molecule has 1 aliphatic heterocycles. The minimum Gasteiger partial charge on any atom is -0.481 e. The van der Waals surface area contributed by atoms with E-state index in [1.165, 1.54) is 4.90 Å². The molecule has 0 spiro atoms. The van der Waals surface area contributed by atoms with Gasteiger partial charge in [-0.05, 0) is 6.07 Å². The van der Waals surface area contributed by atoms with Gasteiger partial charge in [0.2, 0.25) is 5.91 Å². The number of carbonyl (C=O) groups excluding carboxylic acids is 1. The zero-order chi connectivity index (χ0) is 16.3. The molecule has 0 radical (unpaired) electrons. The van der Waals surface area contributed by atoms with Gasteiger partial charge in [-0.25, -0.2) is 0 Å². The number of morpholine rings is 1. The van der Waals surface area contributed by atoms with E-state index in [0.717, 1.165) is 16.9 Å². The fourth-order valence-corrected chi connectivity index (χ4v) is 2.10. The highest BCUT2D eigenvalue weighted by Gasteiger charge is 2.34. The Balaban J connectivity index is 1.94. The lowest BCUT2D eigenvalue weighted by Gasteiger charge is -2.32. The normalized spacial score (nSPS) is 19.2. The number of ether oxygens (including phenoxy) is 1. The number of aliphatic carboxylic acids is 1. The summed E-state index contributed by atoms with van der Waals surface area (Å²) in [6.45, 7) is 0.216. The molecule has 1 aromatic rings. The third-order valence-electron chi connectivity index (χ3n) is 3.12. The second kappa shape index (κ2) is 6.34. The summed E-state index contributed by atoms with van der Waals surface area (Å²) in [6, 6.07) is 0.791. The van der Waals surface area contributed by atoms with Gasteiger partial charge in [0.05, 0.1) is 19.1 Å². The van der Waals surface area contributed by atoms with Crippen LogP contribution >= 0.6 is 0 Å². The fraction of sp³-hybridized carbons (Fsp3) is 0.583. The SMILES string of the molecule is O=C(O)CC1CN(C(=O)Cn2ccc(C(F)(F)F)n2)CCO1.